The molecule has 0 bridgehead atoms. The maximum atomic E-state index is 13.5. The number of allylic oxidation sites excluding steroid dienone is 1. The maximum Gasteiger partial charge on any atom is 0.455 e. The van der Waals surface area contributed by atoms with E-state index in [0.29, 0.717) is 12.0 Å². The lowest BCUT2D eigenvalue weighted by Gasteiger charge is -2.39. The molecule has 0 spiro atoms. The van der Waals surface area contributed by atoms with E-state index >= 15 is 0 Å². The second-order valence-corrected chi connectivity index (χ2v) is 7.06. The highest BCUT2D eigenvalue weighted by Gasteiger charge is 2.60. The minimum absolute atomic E-state index is 0.167. The van der Waals surface area contributed by atoms with Crippen LogP contribution in [0.1, 0.15) is 63.9 Å². The summed E-state index contributed by atoms with van der Waals surface area (Å²) in [6.07, 6.45) is 0.861. The number of aliphatic hydroxyl groups is 1. The molecule has 0 saturated heterocycles. The molecular weight excluding hydrogens is 355 g/mol. The molecule has 6 heteroatoms. The number of benzene rings is 1. The minimum Gasteiger partial charge on any atom is -0.452 e. The summed E-state index contributed by atoms with van der Waals surface area (Å²) >= 11 is 0. The van der Waals surface area contributed by atoms with E-state index in [1.165, 1.54) is 0 Å². The number of halogens is 3. The molecule has 1 aromatic carbocycles. The van der Waals surface area contributed by atoms with E-state index in [-0.39, 0.29) is 11.3 Å². The highest BCUT2D eigenvalue weighted by molar-refractivity contribution is 5.68. The standard InChI is InChI=1S/C21H26F3NO2/c1-2-3-4-5-6-8-13-17-14-20(26,21(22,23)24)27-19(18(17)15-25)16-11-9-7-10-12-16/h7,9-12,17,26H,2-6,8,13-14H2,1H3/t17-,20-/m0/s1. The Morgan fingerprint density at radius 3 is 2.37 bits per heavy atom. The molecule has 0 aliphatic carbocycles. The molecule has 1 heterocycles. The first-order valence-electron chi connectivity index (χ1n) is 9.50. The van der Waals surface area contributed by atoms with Gasteiger partial charge in [0.15, 0.2) is 0 Å². The first-order chi connectivity index (χ1) is 12.8. The van der Waals surface area contributed by atoms with Gasteiger partial charge >= 0.3 is 12.0 Å². The van der Waals surface area contributed by atoms with Crippen LogP contribution in [0.25, 0.3) is 5.76 Å². The van der Waals surface area contributed by atoms with Crippen molar-refractivity contribution in [1.29, 1.82) is 5.26 Å². The van der Waals surface area contributed by atoms with Crippen LogP contribution in [-0.4, -0.2) is 17.1 Å². The topological polar surface area (TPSA) is 53.2 Å². The Balaban J connectivity index is 2.25. The molecule has 2 rings (SSSR count). The zero-order chi connectivity index (χ0) is 19.9. The first-order valence-corrected chi connectivity index (χ1v) is 9.50. The summed E-state index contributed by atoms with van der Waals surface area (Å²) in [6.45, 7) is 2.12. The average Bonchev–Trinajstić information content (AvgIpc) is 2.64. The third kappa shape index (κ3) is 5.26. The highest BCUT2D eigenvalue weighted by atomic mass is 19.4. The second-order valence-electron chi connectivity index (χ2n) is 7.06. The third-order valence-corrected chi connectivity index (χ3v) is 4.95. The van der Waals surface area contributed by atoms with Crippen LogP contribution < -0.4 is 0 Å². The molecule has 0 amide bonds. The largest absolute Gasteiger partial charge is 0.455 e. The molecule has 27 heavy (non-hydrogen) atoms. The van der Waals surface area contributed by atoms with Gasteiger partial charge < -0.3 is 9.84 Å². The number of nitriles is 1. The van der Waals surface area contributed by atoms with Crippen molar-refractivity contribution in [2.75, 3.05) is 0 Å². The fraction of sp³-hybridized carbons (Fsp3) is 0.571. The zero-order valence-electron chi connectivity index (χ0n) is 15.6. The van der Waals surface area contributed by atoms with Gasteiger partial charge in [-0.05, 0) is 6.42 Å². The Kier molecular flexibility index (Phi) is 7.32. The zero-order valence-corrected chi connectivity index (χ0v) is 15.6. The van der Waals surface area contributed by atoms with E-state index < -0.39 is 24.3 Å². The number of ether oxygens (including phenoxy) is 1. The van der Waals surface area contributed by atoms with Gasteiger partial charge in [0.1, 0.15) is 5.76 Å². The van der Waals surface area contributed by atoms with E-state index in [1.807, 2.05) is 6.07 Å². The summed E-state index contributed by atoms with van der Waals surface area (Å²) in [6, 6.07) is 10.2. The van der Waals surface area contributed by atoms with E-state index in [4.69, 9.17) is 4.74 Å². The Morgan fingerprint density at radius 1 is 1.15 bits per heavy atom. The first kappa shape index (κ1) is 21.3. The lowest BCUT2D eigenvalue weighted by molar-refractivity contribution is -0.353. The predicted octanol–water partition coefficient (Wildman–Crippen LogP) is 5.96. The van der Waals surface area contributed by atoms with Gasteiger partial charge in [-0.15, -0.1) is 0 Å². The number of alkyl halides is 3. The second kappa shape index (κ2) is 9.27. The molecule has 1 aromatic rings. The van der Waals surface area contributed by atoms with Gasteiger partial charge in [0, 0.05) is 17.9 Å². The van der Waals surface area contributed by atoms with Crippen LogP contribution in [-0.2, 0) is 4.74 Å². The molecule has 1 N–H and O–H groups in total. The fourth-order valence-corrected chi connectivity index (χ4v) is 3.42. The number of nitrogens with zero attached hydrogens (tertiary/aromatic N) is 1. The van der Waals surface area contributed by atoms with Crippen molar-refractivity contribution in [3.05, 3.63) is 41.5 Å². The van der Waals surface area contributed by atoms with Crippen molar-refractivity contribution in [2.24, 2.45) is 5.92 Å². The minimum atomic E-state index is -4.94. The van der Waals surface area contributed by atoms with Gasteiger partial charge in [-0.1, -0.05) is 75.8 Å². The summed E-state index contributed by atoms with van der Waals surface area (Å²) in [7, 11) is 0. The monoisotopic (exact) mass is 381 g/mol. The summed E-state index contributed by atoms with van der Waals surface area (Å²) in [4.78, 5) is 0. The lowest BCUT2D eigenvalue weighted by Crippen LogP contribution is -2.50. The van der Waals surface area contributed by atoms with Gasteiger partial charge in [-0.25, -0.2) is 0 Å². The van der Waals surface area contributed by atoms with E-state index in [0.717, 1.165) is 38.5 Å². The van der Waals surface area contributed by atoms with Gasteiger partial charge in [-0.2, -0.15) is 18.4 Å². The molecule has 0 fully saturated rings. The predicted molar refractivity (Wildman–Crippen MR) is 97.2 cm³/mol. The number of unbranched alkanes of at least 4 members (excludes halogenated alkanes) is 5. The number of hydrogen-bond acceptors (Lipinski definition) is 3. The Bertz CT molecular complexity index is 679. The van der Waals surface area contributed by atoms with E-state index in [9.17, 15) is 23.5 Å². The smallest absolute Gasteiger partial charge is 0.452 e. The molecule has 148 valence electrons. The van der Waals surface area contributed by atoms with Crippen LogP contribution in [0, 0.1) is 17.2 Å². The van der Waals surface area contributed by atoms with Crippen molar-refractivity contribution < 1.29 is 23.0 Å². The Morgan fingerprint density at radius 2 is 1.78 bits per heavy atom. The van der Waals surface area contributed by atoms with Crippen LogP contribution in [0.15, 0.2) is 35.9 Å². The summed E-state index contributed by atoms with van der Waals surface area (Å²) < 4.78 is 45.4. The van der Waals surface area contributed by atoms with E-state index in [1.54, 1.807) is 30.3 Å². The fourth-order valence-electron chi connectivity index (χ4n) is 3.42. The third-order valence-electron chi connectivity index (χ3n) is 4.95. The van der Waals surface area contributed by atoms with Crippen LogP contribution in [0.2, 0.25) is 0 Å². The number of hydrogen-bond donors (Lipinski definition) is 1. The van der Waals surface area contributed by atoms with Crippen molar-refractivity contribution in [3.63, 3.8) is 0 Å². The van der Waals surface area contributed by atoms with Gasteiger partial charge in [0.05, 0.1) is 11.6 Å². The Hall–Kier alpha value is -2.00. The van der Waals surface area contributed by atoms with Crippen LogP contribution in [0.4, 0.5) is 13.2 Å². The Labute approximate surface area is 158 Å². The highest BCUT2D eigenvalue weighted by Crippen LogP contribution is 2.47. The lowest BCUT2D eigenvalue weighted by atomic mass is 9.83. The van der Waals surface area contributed by atoms with Crippen molar-refractivity contribution >= 4 is 5.76 Å². The molecule has 1 aliphatic heterocycles. The van der Waals surface area contributed by atoms with Crippen molar-refractivity contribution in [1.82, 2.24) is 0 Å². The van der Waals surface area contributed by atoms with Crippen molar-refractivity contribution in [2.45, 2.75) is 70.3 Å². The molecule has 3 nitrogen and oxygen atoms in total. The van der Waals surface area contributed by atoms with Gasteiger partial charge in [0.2, 0.25) is 0 Å². The molecule has 1 aliphatic rings. The summed E-state index contributed by atoms with van der Waals surface area (Å²) in [5.41, 5.74) is 0.549. The SMILES string of the molecule is CCCCCCCC[C@H]1C[C@@](O)(C(F)(F)F)OC(c2ccccc2)=C1C#N. The van der Waals surface area contributed by atoms with Gasteiger partial charge in [0.25, 0.3) is 0 Å². The molecule has 0 radical (unpaired) electrons. The number of rotatable bonds is 8. The molecule has 0 unspecified atom stereocenters. The average molecular weight is 381 g/mol. The summed E-state index contributed by atoms with van der Waals surface area (Å²) in [5, 5.41) is 19.8. The van der Waals surface area contributed by atoms with Crippen molar-refractivity contribution in [3.8, 4) is 6.07 Å². The summed E-state index contributed by atoms with van der Waals surface area (Å²) in [5.74, 6) is -4.12. The molecular formula is C21H26F3NO2. The molecule has 0 aromatic heterocycles. The normalized spacial score (nSPS) is 23.0. The maximum absolute atomic E-state index is 13.5. The quantitative estimate of drug-likeness (QED) is 0.565. The van der Waals surface area contributed by atoms with Gasteiger partial charge in [-0.3, -0.25) is 0 Å². The van der Waals surface area contributed by atoms with Crippen LogP contribution in [0.3, 0.4) is 0 Å². The van der Waals surface area contributed by atoms with Crippen LogP contribution in [0.5, 0.6) is 0 Å². The van der Waals surface area contributed by atoms with E-state index in [2.05, 4.69) is 6.92 Å². The molecule has 2 atom stereocenters. The van der Waals surface area contributed by atoms with Crippen LogP contribution >= 0.6 is 0 Å². The molecule has 0 saturated carbocycles.